The van der Waals surface area contributed by atoms with Crippen LogP contribution in [0.4, 0.5) is 0 Å². The highest BCUT2D eigenvalue weighted by molar-refractivity contribution is 5.97. The van der Waals surface area contributed by atoms with E-state index in [2.05, 4.69) is 0 Å². The number of aliphatic hydroxyl groups is 1. The van der Waals surface area contributed by atoms with Crippen molar-refractivity contribution in [2.45, 2.75) is 83.0 Å². The van der Waals surface area contributed by atoms with Crippen LogP contribution in [0.1, 0.15) is 71.0 Å². The molecule has 0 radical (unpaired) electrons. The number of benzene rings is 2. The fraction of sp³-hybridized carbons (Fsp3) is 0.464. The molecule has 0 saturated heterocycles. The van der Waals surface area contributed by atoms with Gasteiger partial charge in [-0.3, -0.25) is 0 Å². The predicted molar refractivity (Wildman–Crippen MR) is 129 cm³/mol. The van der Waals surface area contributed by atoms with E-state index in [1.165, 1.54) is 25.7 Å². The fourth-order valence-electron chi connectivity index (χ4n) is 5.14. The van der Waals surface area contributed by atoms with Gasteiger partial charge in [0.05, 0.1) is 17.6 Å². The maximum absolute atomic E-state index is 12.7. The summed E-state index contributed by atoms with van der Waals surface area (Å²) in [5.41, 5.74) is -0.236. The smallest absolute Gasteiger partial charge is 0.343 e. The third kappa shape index (κ3) is 4.51. The summed E-state index contributed by atoms with van der Waals surface area (Å²) in [7, 11) is 0. The first-order chi connectivity index (χ1) is 15.9. The van der Waals surface area contributed by atoms with E-state index in [4.69, 9.17) is 13.9 Å². The van der Waals surface area contributed by atoms with E-state index in [0.29, 0.717) is 10.9 Å². The molecule has 0 bridgehead atoms. The Morgan fingerprint density at radius 1 is 0.848 bits per heavy atom. The number of rotatable bonds is 6. The van der Waals surface area contributed by atoms with E-state index in [9.17, 15) is 9.90 Å². The molecule has 33 heavy (non-hydrogen) atoms. The molecular formula is C28H32O5. The highest BCUT2D eigenvalue weighted by atomic mass is 16.5. The maximum Gasteiger partial charge on any atom is 0.343 e. The maximum atomic E-state index is 12.7. The highest BCUT2D eigenvalue weighted by Crippen LogP contribution is 2.42. The minimum absolute atomic E-state index is 0.186. The molecule has 1 aromatic heterocycles. The second-order valence-electron chi connectivity index (χ2n) is 9.91. The van der Waals surface area contributed by atoms with Crippen LogP contribution in [0, 0.1) is 0 Å². The molecule has 174 valence electrons. The molecule has 2 fully saturated rings. The van der Waals surface area contributed by atoms with Gasteiger partial charge in [0.25, 0.3) is 0 Å². The van der Waals surface area contributed by atoms with Gasteiger partial charge >= 0.3 is 5.63 Å². The number of hydrogen-bond donors (Lipinski definition) is 1. The van der Waals surface area contributed by atoms with E-state index in [0.717, 1.165) is 48.1 Å². The third-order valence-electron chi connectivity index (χ3n) is 6.82. The lowest BCUT2D eigenvalue weighted by Crippen LogP contribution is -2.20. The Morgan fingerprint density at radius 2 is 1.42 bits per heavy atom. The summed E-state index contributed by atoms with van der Waals surface area (Å²) in [4.78, 5) is 12.7. The van der Waals surface area contributed by atoms with Crippen LogP contribution >= 0.6 is 0 Å². The van der Waals surface area contributed by atoms with Crippen molar-refractivity contribution in [2.24, 2.45) is 0 Å². The Balaban J connectivity index is 1.65. The molecular weight excluding hydrogens is 416 g/mol. The first-order valence-electron chi connectivity index (χ1n) is 12.2. The first kappa shape index (κ1) is 22.0. The monoisotopic (exact) mass is 448 g/mol. The normalized spacial score (nSPS) is 17.7. The lowest BCUT2D eigenvalue weighted by Gasteiger charge is -2.23. The predicted octanol–water partition coefficient (Wildman–Crippen LogP) is 6.33. The van der Waals surface area contributed by atoms with Gasteiger partial charge in [0.2, 0.25) is 0 Å². The zero-order valence-electron chi connectivity index (χ0n) is 19.4. The van der Waals surface area contributed by atoms with Gasteiger partial charge in [-0.05, 0) is 89.0 Å². The van der Waals surface area contributed by atoms with Gasteiger partial charge in [0.1, 0.15) is 11.4 Å². The van der Waals surface area contributed by atoms with Crippen LogP contribution in [0.15, 0.2) is 51.7 Å². The highest BCUT2D eigenvalue weighted by Gasteiger charge is 2.29. The van der Waals surface area contributed by atoms with Gasteiger partial charge in [-0.1, -0.05) is 24.3 Å². The molecule has 5 rings (SSSR count). The summed E-state index contributed by atoms with van der Waals surface area (Å²) < 4.78 is 18.5. The summed E-state index contributed by atoms with van der Waals surface area (Å²) in [5.74, 6) is 1.75. The van der Waals surface area contributed by atoms with Crippen molar-refractivity contribution < 1.29 is 19.0 Å². The molecule has 1 N–H and O–H groups in total. The molecule has 0 aliphatic heterocycles. The SMILES string of the molecule is CC(C)(O)c1oc(=O)c2ccccc2c1-c1ccc(OC2CCCC2)c(OC2CCCC2)c1. The third-order valence-corrected chi connectivity index (χ3v) is 6.82. The Kier molecular flexibility index (Phi) is 5.92. The average Bonchev–Trinajstić information content (AvgIpc) is 3.49. The largest absolute Gasteiger partial charge is 0.487 e. The van der Waals surface area contributed by atoms with E-state index in [1.54, 1.807) is 19.9 Å². The molecule has 5 nitrogen and oxygen atoms in total. The van der Waals surface area contributed by atoms with E-state index < -0.39 is 11.2 Å². The van der Waals surface area contributed by atoms with Crippen LogP contribution in [-0.2, 0) is 5.60 Å². The summed E-state index contributed by atoms with van der Waals surface area (Å²) in [6, 6.07) is 13.3. The molecule has 0 atom stereocenters. The number of fused-ring (bicyclic) bond motifs is 1. The molecule has 2 aromatic carbocycles. The zero-order valence-corrected chi connectivity index (χ0v) is 19.4. The van der Waals surface area contributed by atoms with Crippen molar-refractivity contribution in [2.75, 3.05) is 0 Å². The van der Waals surface area contributed by atoms with Crippen molar-refractivity contribution in [3.8, 4) is 22.6 Å². The van der Waals surface area contributed by atoms with Crippen LogP contribution < -0.4 is 15.1 Å². The Bertz CT molecular complexity index is 1190. The van der Waals surface area contributed by atoms with Crippen LogP contribution in [-0.4, -0.2) is 17.3 Å². The Hall–Kier alpha value is -2.79. The van der Waals surface area contributed by atoms with Crippen molar-refractivity contribution in [3.63, 3.8) is 0 Å². The molecule has 0 unspecified atom stereocenters. The van der Waals surface area contributed by atoms with Crippen molar-refractivity contribution in [1.29, 1.82) is 0 Å². The van der Waals surface area contributed by atoms with Crippen LogP contribution in [0.5, 0.6) is 11.5 Å². The van der Waals surface area contributed by atoms with Crippen molar-refractivity contribution >= 4 is 10.8 Å². The number of hydrogen-bond acceptors (Lipinski definition) is 5. The van der Waals surface area contributed by atoms with Crippen LogP contribution in [0.25, 0.3) is 21.9 Å². The summed E-state index contributed by atoms with van der Waals surface area (Å²) in [6.45, 7) is 3.27. The molecule has 2 saturated carbocycles. The van der Waals surface area contributed by atoms with E-state index in [1.807, 2.05) is 36.4 Å². The zero-order chi connectivity index (χ0) is 23.0. The quantitative estimate of drug-likeness (QED) is 0.477. The van der Waals surface area contributed by atoms with Gasteiger partial charge in [-0.2, -0.15) is 0 Å². The minimum Gasteiger partial charge on any atom is -0.487 e. The standard InChI is InChI=1S/C28H32O5/c1-28(2,30)26-25(21-13-7-8-14-22(21)27(29)33-26)18-15-16-23(31-19-9-3-4-10-19)24(17-18)32-20-11-5-6-12-20/h7-8,13-17,19-20,30H,3-6,9-12H2,1-2H3. The topological polar surface area (TPSA) is 68.9 Å². The van der Waals surface area contributed by atoms with Gasteiger partial charge in [-0.15, -0.1) is 0 Å². The molecule has 0 spiro atoms. The second-order valence-corrected chi connectivity index (χ2v) is 9.91. The van der Waals surface area contributed by atoms with Crippen LogP contribution in [0.3, 0.4) is 0 Å². The fourth-order valence-corrected chi connectivity index (χ4v) is 5.14. The van der Waals surface area contributed by atoms with E-state index >= 15 is 0 Å². The molecule has 3 aromatic rings. The first-order valence-corrected chi connectivity index (χ1v) is 12.2. The van der Waals surface area contributed by atoms with Crippen LogP contribution in [0.2, 0.25) is 0 Å². The van der Waals surface area contributed by atoms with Gasteiger partial charge in [0.15, 0.2) is 11.5 Å². The summed E-state index contributed by atoms with van der Waals surface area (Å²) >= 11 is 0. The molecule has 0 amide bonds. The van der Waals surface area contributed by atoms with Crippen molar-refractivity contribution in [1.82, 2.24) is 0 Å². The van der Waals surface area contributed by atoms with Gasteiger partial charge < -0.3 is 19.0 Å². The average molecular weight is 449 g/mol. The second kappa shape index (κ2) is 8.86. The Labute approximate surface area is 194 Å². The summed E-state index contributed by atoms with van der Waals surface area (Å²) in [6.07, 6.45) is 9.41. The molecule has 2 aliphatic carbocycles. The Morgan fingerprint density at radius 3 is 2.03 bits per heavy atom. The van der Waals surface area contributed by atoms with Crippen molar-refractivity contribution in [3.05, 3.63) is 58.6 Å². The van der Waals surface area contributed by atoms with E-state index in [-0.39, 0.29) is 18.0 Å². The minimum atomic E-state index is -1.33. The summed E-state index contributed by atoms with van der Waals surface area (Å²) in [5, 5.41) is 12.1. The molecule has 1 heterocycles. The lowest BCUT2D eigenvalue weighted by atomic mass is 9.92. The molecule has 2 aliphatic rings. The van der Waals surface area contributed by atoms with Gasteiger partial charge in [-0.25, -0.2) is 4.79 Å². The number of ether oxygens (including phenoxy) is 2. The van der Waals surface area contributed by atoms with Gasteiger partial charge in [0, 0.05) is 10.9 Å². The lowest BCUT2D eigenvalue weighted by molar-refractivity contribution is 0.0521. The molecule has 5 heteroatoms.